The predicted molar refractivity (Wildman–Crippen MR) is 72.7 cm³/mol. The molecule has 0 aliphatic carbocycles. The number of hydrogen-bond acceptors (Lipinski definition) is 6. The van der Waals surface area contributed by atoms with Gasteiger partial charge in [0, 0.05) is 19.4 Å². The Bertz CT molecular complexity index is 422. The van der Waals surface area contributed by atoms with Gasteiger partial charge in [-0.1, -0.05) is 0 Å². The average molecular weight is 287 g/mol. The summed E-state index contributed by atoms with van der Waals surface area (Å²) in [4.78, 5) is 12.2. The zero-order valence-electron chi connectivity index (χ0n) is 11.4. The van der Waals surface area contributed by atoms with Gasteiger partial charge in [-0.15, -0.1) is 0 Å². The predicted octanol–water partition coefficient (Wildman–Crippen LogP) is 2.29. The summed E-state index contributed by atoms with van der Waals surface area (Å²) in [6.45, 7) is 6.75. The molecule has 0 radical (unpaired) electrons. The lowest BCUT2D eigenvalue weighted by atomic mass is 10.0. The minimum absolute atomic E-state index is 0.0479. The van der Waals surface area contributed by atoms with Gasteiger partial charge in [-0.05, 0) is 32.4 Å². The standard InChI is InChI=1S/C12H19ClN4O2/c1-4-14-11-15-10(13)16-12(17-11)19-9-5-7(2)18-8(3)6-9/h7-9H,4-6H2,1-3H3,(H,14,15,16,17). The Morgan fingerprint density at radius 3 is 2.58 bits per heavy atom. The van der Waals surface area contributed by atoms with E-state index in [0.717, 1.165) is 12.8 Å². The molecule has 6 nitrogen and oxygen atoms in total. The highest BCUT2D eigenvalue weighted by Gasteiger charge is 2.26. The fourth-order valence-corrected chi connectivity index (χ4v) is 2.36. The van der Waals surface area contributed by atoms with Gasteiger partial charge in [0.05, 0.1) is 12.2 Å². The first-order valence-corrected chi connectivity index (χ1v) is 6.92. The normalized spacial score (nSPS) is 27.1. The van der Waals surface area contributed by atoms with Crippen LogP contribution in [0.25, 0.3) is 0 Å². The molecule has 0 amide bonds. The van der Waals surface area contributed by atoms with Gasteiger partial charge >= 0.3 is 6.01 Å². The van der Waals surface area contributed by atoms with Gasteiger partial charge in [-0.25, -0.2) is 0 Å². The van der Waals surface area contributed by atoms with Crippen molar-refractivity contribution in [3.63, 3.8) is 0 Å². The van der Waals surface area contributed by atoms with E-state index >= 15 is 0 Å². The highest BCUT2D eigenvalue weighted by molar-refractivity contribution is 6.28. The molecule has 7 heteroatoms. The van der Waals surface area contributed by atoms with Crippen molar-refractivity contribution in [1.29, 1.82) is 0 Å². The van der Waals surface area contributed by atoms with Gasteiger partial charge in [0.2, 0.25) is 11.2 Å². The van der Waals surface area contributed by atoms with E-state index in [0.29, 0.717) is 12.5 Å². The maximum Gasteiger partial charge on any atom is 0.322 e. The monoisotopic (exact) mass is 286 g/mol. The Kier molecular flexibility index (Phi) is 4.76. The second-order valence-electron chi connectivity index (χ2n) is 4.71. The molecular weight excluding hydrogens is 268 g/mol. The summed E-state index contributed by atoms with van der Waals surface area (Å²) in [6.07, 6.45) is 2.05. The fourth-order valence-electron chi connectivity index (χ4n) is 2.21. The first kappa shape index (κ1) is 14.3. The molecule has 1 saturated heterocycles. The molecule has 1 fully saturated rings. The second-order valence-corrected chi connectivity index (χ2v) is 5.05. The Balaban J connectivity index is 2.05. The van der Waals surface area contributed by atoms with E-state index in [-0.39, 0.29) is 29.6 Å². The number of anilines is 1. The molecule has 0 saturated carbocycles. The summed E-state index contributed by atoms with van der Waals surface area (Å²) in [5.41, 5.74) is 0. The van der Waals surface area contributed by atoms with Gasteiger partial charge in [-0.3, -0.25) is 0 Å². The molecule has 2 rings (SSSR count). The zero-order valence-corrected chi connectivity index (χ0v) is 12.1. The maximum absolute atomic E-state index is 5.85. The van der Waals surface area contributed by atoms with Gasteiger partial charge < -0.3 is 14.8 Å². The molecule has 1 aliphatic heterocycles. The molecule has 0 bridgehead atoms. The summed E-state index contributed by atoms with van der Waals surface area (Å²) in [5, 5.41) is 3.13. The number of ether oxygens (including phenoxy) is 2. The third kappa shape index (κ3) is 4.18. The SMILES string of the molecule is CCNc1nc(Cl)nc(OC2CC(C)OC(C)C2)n1. The molecule has 1 aliphatic rings. The van der Waals surface area contributed by atoms with Crippen molar-refractivity contribution in [1.82, 2.24) is 15.0 Å². The first-order valence-electron chi connectivity index (χ1n) is 6.54. The van der Waals surface area contributed by atoms with Crippen molar-refractivity contribution in [3.8, 4) is 6.01 Å². The van der Waals surface area contributed by atoms with E-state index in [1.165, 1.54) is 0 Å². The molecule has 106 valence electrons. The van der Waals surface area contributed by atoms with Crippen LogP contribution in [0.5, 0.6) is 6.01 Å². The topological polar surface area (TPSA) is 69.2 Å². The quantitative estimate of drug-likeness (QED) is 0.916. The Morgan fingerprint density at radius 1 is 1.26 bits per heavy atom. The van der Waals surface area contributed by atoms with Crippen LogP contribution >= 0.6 is 11.6 Å². The lowest BCUT2D eigenvalue weighted by molar-refractivity contribution is -0.0738. The van der Waals surface area contributed by atoms with Gasteiger partial charge in [0.15, 0.2) is 0 Å². The largest absolute Gasteiger partial charge is 0.460 e. The lowest BCUT2D eigenvalue weighted by Crippen LogP contribution is -2.36. The van der Waals surface area contributed by atoms with Crippen molar-refractivity contribution in [2.45, 2.75) is 51.9 Å². The Hall–Kier alpha value is -1.14. The van der Waals surface area contributed by atoms with E-state index in [1.54, 1.807) is 0 Å². The highest BCUT2D eigenvalue weighted by Crippen LogP contribution is 2.23. The van der Waals surface area contributed by atoms with Crippen molar-refractivity contribution in [2.75, 3.05) is 11.9 Å². The van der Waals surface area contributed by atoms with Crippen LogP contribution in [0.4, 0.5) is 5.95 Å². The van der Waals surface area contributed by atoms with Gasteiger partial charge in [-0.2, -0.15) is 15.0 Å². The molecular formula is C12H19ClN4O2. The van der Waals surface area contributed by atoms with Crippen LogP contribution in [0.2, 0.25) is 5.28 Å². The van der Waals surface area contributed by atoms with Crippen LogP contribution in [-0.4, -0.2) is 39.8 Å². The maximum atomic E-state index is 5.85. The van der Waals surface area contributed by atoms with E-state index in [1.807, 2.05) is 20.8 Å². The minimum atomic E-state index is 0.0479. The highest BCUT2D eigenvalue weighted by atomic mass is 35.5. The summed E-state index contributed by atoms with van der Waals surface area (Å²) in [7, 11) is 0. The number of rotatable bonds is 4. The molecule has 0 spiro atoms. The number of nitrogens with zero attached hydrogens (tertiary/aromatic N) is 3. The van der Waals surface area contributed by atoms with Crippen LogP contribution in [0.1, 0.15) is 33.6 Å². The average Bonchev–Trinajstić information content (AvgIpc) is 2.26. The van der Waals surface area contributed by atoms with Crippen molar-refractivity contribution in [3.05, 3.63) is 5.28 Å². The molecule has 2 atom stereocenters. The van der Waals surface area contributed by atoms with Crippen molar-refractivity contribution < 1.29 is 9.47 Å². The Labute approximate surface area is 117 Å². The van der Waals surface area contributed by atoms with E-state index in [2.05, 4.69) is 20.3 Å². The molecule has 1 N–H and O–H groups in total. The third-order valence-electron chi connectivity index (χ3n) is 2.85. The van der Waals surface area contributed by atoms with Crippen molar-refractivity contribution >= 4 is 17.5 Å². The smallest absolute Gasteiger partial charge is 0.322 e. The summed E-state index contributed by atoms with van der Waals surface area (Å²) in [5.74, 6) is 0.436. The Morgan fingerprint density at radius 2 is 1.95 bits per heavy atom. The minimum Gasteiger partial charge on any atom is -0.460 e. The molecule has 1 aromatic heterocycles. The van der Waals surface area contributed by atoms with Gasteiger partial charge in [0.1, 0.15) is 6.10 Å². The number of hydrogen-bond donors (Lipinski definition) is 1. The van der Waals surface area contributed by atoms with E-state index in [4.69, 9.17) is 21.1 Å². The third-order valence-corrected chi connectivity index (χ3v) is 3.02. The van der Waals surface area contributed by atoms with E-state index < -0.39 is 0 Å². The number of halogens is 1. The molecule has 2 unspecified atom stereocenters. The summed E-state index contributed by atoms with van der Waals surface area (Å²) < 4.78 is 11.5. The van der Waals surface area contributed by atoms with Crippen LogP contribution in [-0.2, 0) is 4.74 Å². The lowest BCUT2D eigenvalue weighted by Gasteiger charge is -2.31. The summed E-state index contributed by atoms with van der Waals surface area (Å²) in [6, 6.07) is 0.266. The van der Waals surface area contributed by atoms with Crippen LogP contribution in [0.3, 0.4) is 0 Å². The fraction of sp³-hybridized carbons (Fsp3) is 0.750. The van der Waals surface area contributed by atoms with Gasteiger partial charge in [0.25, 0.3) is 0 Å². The number of aromatic nitrogens is 3. The first-order chi connectivity index (χ1) is 9.06. The molecule has 0 aromatic carbocycles. The number of nitrogens with one attached hydrogen (secondary N) is 1. The summed E-state index contributed by atoms with van der Waals surface area (Å²) >= 11 is 5.85. The van der Waals surface area contributed by atoms with Crippen LogP contribution in [0, 0.1) is 0 Å². The molecule has 1 aromatic rings. The second kappa shape index (κ2) is 6.34. The molecule has 19 heavy (non-hydrogen) atoms. The van der Waals surface area contributed by atoms with Crippen LogP contribution in [0.15, 0.2) is 0 Å². The molecule has 2 heterocycles. The van der Waals surface area contributed by atoms with Crippen LogP contribution < -0.4 is 10.1 Å². The van der Waals surface area contributed by atoms with Crippen molar-refractivity contribution in [2.24, 2.45) is 0 Å². The van der Waals surface area contributed by atoms with E-state index in [9.17, 15) is 0 Å². The zero-order chi connectivity index (χ0) is 13.8.